The second-order valence-electron chi connectivity index (χ2n) is 4.92. The average molecular weight is 308 g/mol. The third kappa shape index (κ3) is 3.49. The second kappa shape index (κ2) is 6.38. The van der Waals surface area contributed by atoms with Gasteiger partial charge in [0.05, 0.1) is 16.6 Å². The summed E-state index contributed by atoms with van der Waals surface area (Å²) in [6.07, 6.45) is 3.90. The molecular formula is C14H20N4O2S. The zero-order chi connectivity index (χ0) is 15.5. The van der Waals surface area contributed by atoms with Crippen LogP contribution in [0.25, 0.3) is 0 Å². The van der Waals surface area contributed by atoms with Crippen molar-refractivity contribution in [2.75, 3.05) is 6.26 Å². The van der Waals surface area contributed by atoms with Crippen molar-refractivity contribution in [3.05, 3.63) is 47.8 Å². The molecule has 6 nitrogen and oxygen atoms in total. The fourth-order valence-electron chi connectivity index (χ4n) is 2.25. The normalized spacial score (nSPS) is 13.3. The summed E-state index contributed by atoms with van der Waals surface area (Å²) in [7, 11) is -3.19. The molecule has 0 spiro atoms. The van der Waals surface area contributed by atoms with E-state index in [1.54, 1.807) is 30.5 Å². The molecule has 114 valence electrons. The number of aromatic nitrogens is 2. The fourth-order valence-corrected chi connectivity index (χ4v) is 2.88. The molecule has 7 heteroatoms. The molecule has 0 aliphatic rings. The highest BCUT2D eigenvalue weighted by molar-refractivity contribution is 7.90. The van der Waals surface area contributed by atoms with Crippen LogP contribution in [0.2, 0.25) is 0 Å². The lowest BCUT2D eigenvalue weighted by Crippen LogP contribution is -2.30. The number of nitrogens with one attached hydrogen (secondary N) is 1. The van der Waals surface area contributed by atoms with E-state index in [2.05, 4.69) is 17.4 Å². The molecule has 1 heterocycles. The largest absolute Gasteiger partial charge is 0.271 e. The lowest BCUT2D eigenvalue weighted by Gasteiger charge is -2.18. The maximum atomic E-state index is 11.5. The highest BCUT2D eigenvalue weighted by Gasteiger charge is 2.17. The third-order valence-corrected chi connectivity index (χ3v) is 4.42. The van der Waals surface area contributed by atoms with Gasteiger partial charge in [0.2, 0.25) is 0 Å². The van der Waals surface area contributed by atoms with Crippen LogP contribution < -0.4 is 11.3 Å². The first-order valence-corrected chi connectivity index (χ1v) is 8.64. The molecular weight excluding hydrogens is 288 g/mol. The van der Waals surface area contributed by atoms with E-state index in [1.165, 1.54) is 6.26 Å². The van der Waals surface area contributed by atoms with Gasteiger partial charge in [-0.15, -0.1) is 0 Å². The van der Waals surface area contributed by atoms with Crippen LogP contribution in [0.4, 0.5) is 0 Å². The molecule has 0 fully saturated rings. The molecule has 0 aliphatic heterocycles. The minimum absolute atomic E-state index is 0.229. The van der Waals surface area contributed by atoms with Gasteiger partial charge in [0.25, 0.3) is 0 Å². The van der Waals surface area contributed by atoms with Crippen LogP contribution in [0.15, 0.2) is 41.4 Å². The number of sulfone groups is 1. The minimum atomic E-state index is -3.19. The smallest absolute Gasteiger partial charge is 0.175 e. The molecule has 1 aromatic carbocycles. The van der Waals surface area contributed by atoms with Gasteiger partial charge in [-0.2, -0.15) is 5.10 Å². The molecule has 1 atom stereocenters. The highest BCUT2D eigenvalue weighted by atomic mass is 32.2. The predicted octanol–water partition coefficient (Wildman–Crippen LogP) is 1.25. The molecule has 0 radical (unpaired) electrons. The van der Waals surface area contributed by atoms with Crippen LogP contribution in [0, 0.1) is 0 Å². The molecule has 2 aromatic rings. The van der Waals surface area contributed by atoms with E-state index in [0.717, 1.165) is 24.2 Å². The molecule has 1 aromatic heterocycles. The van der Waals surface area contributed by atoms with E-state index in [1.807, 2.05) is 10.7 Å². The van der Waals surface area contributed by atoms with E-state index < -0.39 is 9.84 Å². The van der Waals surface area contributed by atoms with Crippen molar-refractivity contribution >= 4 is 9.84 Å². The quantitative estimate of drug-likeness (QED) is 0.619. The molecule has 2 rings (SSSR count). The summed E-state index contributed by atoms with van der Waals surface area (Å²) in [5, 5.41) is 4.28. The predicted molar refractivity (Wildman–Crippen MR) is 81.2 cm³/mol. The van der Waals surface area contributed by atoms with Crippen LogP contribution in [-0.2, 0) is 16.4 Å². The van der Waals surface area contributed by atoms with Gasteiger partial charge in [-0.1, -0.05) is 19.1 Å². The van der Waals surface area contributed by atoms with Crippen LogP contribution in [0.5, 0.6) is 0 Å². The van der Waals surface area contributed by atoms with Crippen molar-refractivity contribution in [3.63, 3.8) is 0 Å². The Morgan fingerprint density at radius 3 is 2.48 bits per heavy atom. The summed E-state index contributed by atoms with van der Waals surface area (Å²) in [5.74, 6) is 5.68. The van der Waals surface area contributed by atoms with Gasteiger partial charge in [0, 0.05) is 19.0 Å². The van der Waals surface area contributed by atoms with Gasteiger partial charge >= 0.3 is 0 Å². The van der Waals surface area contributed by atoms with Gasteiger partial charge in [-0.05, 0) is 30.2 Å². The zero-order valence-corrected chi connectivity index (χ0v) is 13.0. The Morgan fingerprint density at radius 1 is 1.29 bits per heavy atom. The van der Waals surface area contributed by atoms with Crippen molar-refractivity contribution in [2.45, 2.75) is 30.8 Å². The number of hydrazine groups is 1. The van der Waals surface area contributed by atoms with Gasteiger partial charge in [-0.3, -0.25) is 10.5 Å². The van der Waals surface area contributed by atoms with E-state index in [4.69, 9.17) is 5.84 Å². The number of aryl methyl sites for hydroxylation is 1. The third-order valence-electron chi connectivity index (χ3n) is 3.29. The lowest BCUT2D eigenvalue weighted by molar-refractivity contribution is 0.521. The van der Waals surface area contributed by atoms with E-state index in [9.17, 15) is 8.42 Å². The van der Waals surface area contributed by atoms with Crippen LogP contribution in [0.1, 0.15) is 30.6 Å². The minimum Gasteiger partial charge on any atom is -0.271 e. The Hall–Kier alpha value is -1.70. The van der Waals surface area contributed by atoms with Crippen molar-refractivity contribution in [1.82, 2.24) is 15.2 Å². The average Bonchev–Trinajstić information content (AvgIpc) is 2.88. The Kier molecular flexibility index (Phi) is 4.76. The summed E-state index contributed by atoms with van der Waals surface area (Å²) in [6, 6.07) is 8.40. The van der Waals surface area contributed by atoms with Crippen molar-refractivity contribution in [1.29, 1.82) is 0 Å². The SMILES string of the molecule is CCCn1nccc1C(NN)c1ccc(S(C)(=O)=O)cc1. The molecule has 0 saturated carbocycles. The summed E-state index contributed by atoms with van der Waals surface area (Å²) in [4.78, 5) is 0.295. The maximum Gasteiger partial charge on any atom is 0.175 e. The fraction of sp³-hybridized carbons (Fsp3) is 0.357. The Bertz CT molecular complexity index is 692. The van der Waals surface area contributed by atoms with Crippen LogP contribution in [0.3, 0.4) is 0 Å². The first-order chi connectivity index (χ1) is 9.97. The number of nitrogens with zero attached hydrogens (tertiary/aromatic N) is 2. The zero-order valence-electron chi connectivity index (χ0n) is 12.2. The maximum absolute atomic E-state index is 11.5. The number of hydrogen-bond donors (Lipinski definition) is 2. The summed E-state index contributed by atoms with van der Waals surface area (Å²) in [5.41, 5.74) is 4.61. The van der Waals surface area contributed by atoms with Crippen molar-refractivity contribution in [2.24, 2.45) is 5.84 Å². The number of benzene rings is 1. The molecule has 1 unspecified atom stereocenters. The van der Waals surface area contributed by atoms with Crippen LogP contribution in [-0.4, -0.2) is 24.5 Å². The molecule has 0 bridgehead atoms. The Labute approximate surface area is 124 Å². The van der Waals surface area contributed by atoms with Gasteiger partial charge < -0.3 is 0 Å². The first-order valence-electron chi connectivity index (χ1n) is 6.75. The lowest BCUT2D eigenvalue weighted by atomic mass is 10.0. The van der Waals surface area contributed by atoms with Gasteiger partial charge in [0.1, 0.15) is 0 Å². The van der Waals surface area contributed by atoms with Crippen LogP contribution >= 0.6 is 0 Å². The number of nitrogens with two attached hydrogens (primary N) is 1. The summed E-state index contributed by atoms with van der Waals surface area (Å²) >= 11 is 0. The molecule has 3 N–H and O–H groups in total. The second-order valence-corrected chi connectivity index (χ2v) is 6.94. The molecule has 21 heavy (non-hydrogen) atoms. The van der Waals surface area contributed by atoms with Gasteiger partial charge in [-0.25, -0.2) is 13.8 Å². The highest BCUT2D eigenvalue weighted by Crippen LogP contribution is 2.22. The first kappa shape index (κ1) is 15.7. The van der Waals surface area contributed by atoms with Gasteiger partial charge in [0.15, 0.2) is 9.84 Å². The summed E-state index contributed by atoms with van der Waals surface area (Å²) in [6.45, 7) is 2.89. The number of hydrogen-bond acceptors (Lipinski definition) is 5. The number of rotatable bonds is 6. The topological polar surface area (TPSA) is 90.0 Å². The van der Waals surface area contributed by atoms with E-state index in [0.29, 0.717) is 4.90 Å². The molecule has 0 aliphatic carbocycles. The Morgan fingerprint density at radius 2 is 1.95 bits per heavy atom. The molecule has 0 amide bonds. The molecule has 0 saturated heterocycles. The van der Waals surface area contributed by atoms with Crippen molar-refractivity contribution in [3.8, 4) is 0 Å². The monoisotopic (exact) mass is 308 g/mol. The van der Waals surface area contributed by atoms with Crippen molar-refractivity contribution < 1.29 is 8.42 Å². The van der Waals surface area contributed by atoms with E-state index >= 15 is 0 Å². The summed E-state index contributed by atoms with van der Waals surface area (Å²) < 4.78 is 24.9. The van der Waals surface area contributed by atoms with E-state index in [-0.39, 0.29) is 6.04 Å². The standard InChI is InChI=1S/C14H20N4O2S/c1-3-10-18-13(8-9-16-18)14(17-15)11-4-6-12(7-5-11)21(2,19)20/h4-9,14,17H,3,10,15H2,1-2H3. The Balaban J connectivity index is 2.35.